The van der Waals surface area contributed by atoms with Crippen molar-refractivity contribution < 1.29 is 22.7 Å². The number of aryl methyl sites for hydroxylation is 1. The molecule has 0 saturated carbocycles. The average Bonchev–Trinajstić information content (AvgIpc) is 3.32. The van der Waals surface area contributed by atoms with Crippen LogP contribution >= 0.6 is 0 Å². The summed E-state index contributed by atoms with van der Waals surface area (Å²) in [6, 6.07) is 24.7. The molecule has 0 aliphatic rings. The molecule has 0 atom stereocenters. The first-order chi connectivity index (χ1) is 17.7. The van der Waals surface area contributed by atoms with E-state index in [-0.39, 0.29) is 16.3 Å². The zero-order valence-corrected chi connectivity index (χ0v) is 20.6. The maximum absolute atomic E-state index is 13.3. The highest BCUT2D eigenvalue weighted by Gasteiger charge is 2.19. The van der Waals surface area contributed by atoms with E-state index in [1.807, 2.05) is 19.1 Å². The van der Waals surface area contributed by atoms with E-state index in [4.69, 9.17) is 0 Å². The molecule has 0 bridgehead atoms. The Kier molecular flexibility index (Phi) is 6.23. The van der Waals surface area contributed by atoms with Crippen molar-refractivity contribution in [3.05, 3.63) is 125 Å². The number of hydrogen-bond donors (Lipinski definition) is 1. The molecular weight excluding hydrogens is 489 g/mol. The van der Waals surface area contributed by atoms with Gasteiger partial charge in [-0.05, 0) is 77.7 Å². The number of aromatic nitrogens is 1. The third-order valence-electron chi connectivity index (χ3n) is 6.17. The second-order valence-corrected chi connectivity index (χ2v) is 10.5. The summed E-state index contributed by atoms with van der Waals surface area (Å²) < 4.78 is 41.1. The van der Waals surface area contributed by atoms with Crippen molar-refractivity contribution in [3.8, 4) is 11.1 Å². The molecule has 184 valence electrons. The first-order valence-electron chi connectivity index (χ1n) is 11.5. The second kappa shape index (κ2) is 9.52. The Labute approximate surface area is 213 Å². The highest BCUT2D eigenvalue weighted by molar-refractivity contribution is 7.90. The zero-order chi connectivity index (χ0) is 26.2. The molecular formula is C30H22FNO4S. The van der Waals surface area contributed by atoms with Gasteiger partial charge >= 0.3 is 5.97 Å². The van der Waals surface area contributed by atoms with E-state index in [2.05, 4.69) is 0 Å². The Morgan fingerprint density at radius 2 is 1.54 bits per heavy atom. The smallest absolute Gasteiger partial charge is 0.336 e. The summed E-state index contributed by atoms with van der Waals surface area (Å²) in [6.45, 7) is 1.89. The van der Waals surface area contributed by atoms with Crippen LogP contribution in [-0.2, 0) is 10.0 Å². The van der Waals surface area contributed by atoms with Crippen molar-refractivity contribution in [1.29, 1.82) is 0 Å². The fourth-order valence-corrected chi connectivity index (χ4v) is 5.51. The highest BCUT2D eigenvalue weighted by Crippen LogP contribution is 2.27. The number of carboxylic acid groups (broad SMARTS) is 1. The standard InChI is InChI=1S/C30H22FNO4S/c1-20-2-13-27(14-3-20)37(35,36)32-17-16-23-6-4-21(18-29(23)32)5-7-25-19-24(10-15-28(25)30(33)34)22-8-11-26(31)12-9-22/h2-19H,1H3,(H,33,34). The lowest BCUT2D eigenvalue weighted by Crippen LogP contribution is -2.11. The number of rotatable bonds is 6. The summed E-state index contributed by atoms with van der Waals surface area (Å²) in [4.78, 5) is 12.0. The fourth-order valence-electron chi connectivity index (χ4n) is 4.16. The molecule has 37 heavy (non-hydrogen) atoms. The van der Waals surface area contributed by atoms with Crippen LogP contribution in [0.15, 0.2) is 102 Å². The third-order valence-corrected chi connectivity index (χ3v) is 7.88. The topological polar surface area (TPSA) is 76.4 Å². The van der Waals surface area contributed by atoms with Crippen molar-refractivity contribution in [3.63, 3.8) is 0 Å². The number of carboxylic acids is 1. The van der Waals surface area contributed by atoms with Crippen LogP contribution in [0.5, 0.6) is 0 Å². The molecule has 0 unspecified atom stereocenters. The van der Waals surface area contributed by atoms with Gasteiger partial charge in [0.15, 0.2) is 0 Å². The van der Waals surface area contributed by atoms with Crippen LogP contribution in [0.4, 0.5) is 4.39 Å². The summed E-state index contributed by atoms with van der Waals surface area (Å²) in [5.41, 5.74) is 4.28. The quantitative estimate of drug-likeness (QED) is 0.253. The van der Waals surface area contributed by atoms with Crippen molar-refractivity contribution in [2.45, 2.75) is 11.8 Å². The number of aromatic carboxylic acids is 1. The molecule has 1 N–H and O–H groups in total. The molecule has 0 aliphatic carbocycles. The maximum Gasteiger partial charge on any atom is 0.336 e. The van der Waals surface area contributed by atoms with Crippen LogP contribution in [0.3, 0.4) is 0 Å². The van der Waals surface area contributed by atoms with E-state index in [1.165, 1.54) is 28.4 Å². The Morgan fingerprint density at radius 3 is 2.24 bits per heavy atom. The van der Waals surface area contributed by atoms with Crippen LogP contribution < -0.4 is 0 Å². The van der Waals surface area contributed by atoms with E-state index >= 15 is 0 Å². The summed E-state index contributed by atoms with van der Waals surface area (Å²) in [7, 11) is -3.79. The lowest BCUT2D eigenvalue weighted by Gasteiger charge is -2.09. The summed E-state index contributed by atoms with van der Waals surface area (Å²) in [6.07, 6.45) is 4.95. The largest absolute Gasteiger partial charge is 0.478 e. The van der Waals surface area contributed by atoms with Gasteiger partial charge in [0.05, 0.1) is 16.0 Å². The number of nitrogens with zero attached hydrogens (tertiary/aromatic N) is 1. The fraction of sp³-hybridized carbons (Fsp3) is 0.0333. The molecule has 4 aromatic carbocycles. The Balaban J connectivity index is 1.54. The molecule has 0 amide bonds. The van der Waals surface area contributed by atoms with E-state index in [9.17, 15) is 22.7 Å². The number of fused-ring (bicyclic) bond motifs is 1. The van der Waals surface area contributed by atoms with Crippen molar-refractivity contribution in [2.24, 2.45) is 0 Å². The average molecular weight is 512 g/mol. The van der Waals surface area contributed by atoms with Gasteiger partial charge in [-0.25, -0.2) is 21.6 Å². The molecule has 0 saturated heterocycles. The second-order valence-electron chi connectivity index (χ2n) is 8.70. The predicted octanol–water partition coefficient (Wildman–Crippen LogP) is 6.86. The third kappa shape index (κ3) is 4.81. The van der Waals surface area contributed by atoms with E-state index in [1.54, 1.807) is 72.8 Å². The molecule has 0 radical (unpaired) electrons. The van der Waals surface area contributed by atoms with E-state index in [0.717, 1.165) is 22.1 Å². The highest BCUT2D eigenvalue weighted by atomic mass is 32.2. The summed E-state index contributed by atoms with van der Waals surface area (Å²) in [5.74, 6) is -1.42. The van der Waals surface area contributed by atoms with Crippen LogP contribution in [-0.4, -0.2) is 23.5 Å². The SMILES string of the molecule is Cc1ccc(S(=O)(=O)n2ccc3ccc(C=Cc4cc(-c5ccc(F)cc5)ccc4C(=O)O)cc32)cc1. The molecule has 1 heterocycles. The van der Waals surface area contributed by atoms with E-state index < -0.39 is 16.0 Å². The van der Waals surface area contributed by atoms with Gasteiger partial charge in [0.2, 0.25) is 0 Å². The Bertz CT molecular complexity index is 1770. The van der Waals surface area contributed by atoms with Crippen LogP contribution in [0.2, 0.25) is 0 Å². The van der Waals surface area contributed by atoms with Gasteiger partial charge in [-0.1, -0.05) is 60.2 Å². The number of hydrogen-bond acceptors (Lipinski definition) is 3. The molecule has 5 aromatic rings. The molecule has 1 aromatic heterocycles. The molecule has 0 fully saturated rings. The maximum atomic E-state index is 13.3. The lowest BCUT2D eigenvalue weighted by atomic mass is 9.98. The number of halogens is 1. The van der Waals surface area contributed by atoms with Gasteiger partial charge in [-0.3, -0.25) is 0 Å². The van der Waals surface area contributed by atoms with Gasteiger partial charge in [-0.15, -0.1) is 0 Å². The summed E-state index contributed by atoms with van der Waals surface area (Å²) in [5, 5.41) is 10.4. The minimum Gasteiger partial charge on any atom is -0.478 e. The van der Waals surface area contributed by atoms with Gasteiger partial charge in [0, 0.05) is 11.6 Å². The molecule has 0 spiro atoms. The minimum atomic E-state index is -3.79. The minimum absolute atomic E-state index is 0.119. The molecule has 5 rings (SSSR count). The monoisotopic (exact) mass is 511 g/mol. The number of benzene rings is 4. The van der Waals surface area contributed by atoms with Crippen LogP contribution in [0.25, 0.3) is 34.2 Å². The molecule has 5 nitrogen and oxygen atoms in total. The van der Waals surface area contributed by atoms with Gasteiger partial charge in [0.25, 0.3) is 10.0 Å². The number of carbonyl (C=O) groups is 1. The molecule has 7 heteroatoms. The normalized spacial score (nSPS) is 11.8. The van der Waals surface area contributed by atoms with Gasteiger partial charge < -0.3 is 5.11 Å². The Morgan fingerprint density at radius 1 is 0.838 bits per heavy atom. The zero-order valence-electron chi connectivity index (χ0n) is 19.8. The first-order valence-corrected chi connectivity index (χ1v) is 12.9. The van der Waals surface area contributed by atoms with Gasteiger partial charge in [-0.2, -0.15) is 0 Å². The Hall–Kier alpha value is -4.49. The summed E-state index contributed by atoms with van der Waals surface area (Å²) >= 11 is 0. The van der Waals surface area contributed by atoms with E-state index in [0.29, 0.717) is 16.6 Å². The van der Waals surface area contributed by atoms with Crippen LogP contribution in [0.1, 0.15) is 27.0 Å². The van der Waals surface area contributed by atoms with Crippen molar-refractivity contribution in [1.82, 2.24) is 3.97 Å². The van der Waals surface area contributed by atoms with Gasteiger partial charge in [0.1, 0.15) is 5.82 Å². The van der Waals surface area contributed by atoms with Crippen LogP contribution in [0, 0.1) is 12.7 Å². The lowest BCUT2D eigenvalue weighted by molar-refractivity contribution is 0.0696. The van der Waals surface area contributed by atoms with Crippen molar-refractivity contribution in [2.75, 3.05) is 0 Å². The van der Waals surface area contributed by atoms with Crippen molar-refractivity contribution >= 4 is 39.0 Å². The predicted molar refractivity (Wildman–Crippen MR) is 143 cm³/mol. The molecule has 0 aliphatic heterocycles. The first kappa shape index (κ1) is 24.2.